The van der Waals surface area contributed by atoms with Gasteiger partial charge >= 0.3 is 0 Å². The molecule has 0 spiro atoms. The summed E-state index contributed by atoms with van der Waals surface area (Å²) < 4.78 is 16.0. The molecule has 0 bridgehead atoms. The third kappa shape index (κ3) is 2.97. The number of hydrogen-bond donors (Lipinski definition) is 1. The first-order chi connectivity index (χ1) is 8.58. The summed E-state index contributed by atoms with van der Waals surface area (Å²) in [5.41, 5.74) is 7.69. The van der Waals surface area contributed by atoms with E-state index in [1.165, 1.54) is 0 Å². The molecule has 1 atom stereocenters. The average molecular weight is 312 g/mol. The molecule has 0 radical (unpaired) electrons. The Morgan fingerprint density at radius 3 is 2.94 bits per heavy atom. The minimum atomic E-state index is -0.303. The van der Waals surface area contributed by atoms with Gasteiger partial charge in [0.05, 0.1) is 10.7 Å². The van der Waals surface area contributed by atoms with Crippen LogP contribution in [0.15, 0.2) is 35.1 Å². The summed E-state index contributed by atoms with van der Waals surface area (Å²) in [6.45, 7) is 0. The molecular formula is C13H15BrFN3. The van der Waals surface area contributed by atoms with E-state index in [-0.39, 0.29) is 11.9 Å². The summed E-state index contributed by atoms with van der Waals surface area (Å²) in [6, 6.07) is 4.90. The van der Waals surface area contributed by atoms with Gasteiger partial charge in [-0.25, -0.2) is 4.39 Å². The number of aromatic nitrogens is 2. The van der Waals surface area contributed by atoms with Crippen LogP contribution in [-0.2, 0) is 13.5 Å². The molecule has 18 heavy (non-hydrogen) atoms. The third-order valence-corrected chi connectivity index (χ3v) is 3.50. The predicted octanol–water partition coefficient (Wildman–Crippen LogP) is 2.95. The first-order valence-corrected chi connectivity index (χ1v) is 6.54. The number of hydrogen-bond acceptors (Lipinski definition) is 2. The normalized spacial score (nSPS) is 12.7. The molecule has 1 heterocycles. The van der Waals surface area contributed by atoms with Crippen molar-refractivity contribution in [1.29, 1.82) is 0 Å². The minimum absolute atomic E-state index is 0.267. The molecule has 1 aromatic carbocycles. The lowest BCUT2D eigenvalue weighted by Gasteiger charge is -2.13. The van der Waals surface area contributed by atoms with Gasteiger partial charge in [-0.2, -0.15) is 5.10 Å². The highest BCUT2D eigenvalue weighted by Crippen LogP contribution is 2.25. The molecule has 2 rings (SSSR count). The molecule has 0 fully saturated rings. The highest BCUT2D eigenvalue weighted by Gasteiger charge is 2.13. The highest BCUT2D eigenvalue weighted by atomic mass is 79.9. The van der Waals surface area contributed by atoms with Crippen molar-refractivity contribution in [2.75, 3.05) is 0 Å². The average Bonchev–Trinajstić information content (AvgIpc) is 2.76. The lowest BCUT2D eigenvalue weighted by atomic mass is 10.0. The van der Waals surface area contributed by atoms with Crippen molar-refractivity contribution in [3.8, 4) is 0 Å². The largest absolute Gasteiger partial charge is 0.324 e. The van der Waals surface area contributed by atoms with Crippen molar-refractivity contribution < 1.29 is 4.39 Å². The topological polar surface area (TPSA) is 43.8 Å². The zero-order chi connectivity index (χ0) is 13.1. The Labute approximate surface area is 114 Å². The van der Waals surface area contributed by atoms with Crippen LogP contribution >= 0.6 is 15.9 Å². The molecule has 0 aliphatic heterocycles. The molecule has 0 saturated carbocycles. The summed E-state index contributed by atoms with van der Waals surface area (Å²) in [7, 11) is 1.87. The van der Waals surface area contributed by atoms with Crippen LogP contribution in [0.4, 0.5) is 4.39 Å². The van der Waals surface area contributed by atoms with E-state index in [1.807, 2.05) is 19.4 Å². The van der Waals surface area contributed by atoms with E-state index >= 15 is 0 Å². The molecule has 0 aliphatic rings. The van der Waals surface area contributed by atoms with E-state index in [4.69, 9.17) is 5.73 Å². The van der Waals surface area contributed by atoms with E-state index in [0.717, 1.165) is 12.0 Å². The standard InChI is InChI=1S/C13H15BrFN3/c1-18-8-9(7-17-18)5-6-12(16)10-3-2-4-11(14)13(10)15/h2-4,7-8,12H,5-6,16H2,1H3. The number of aryl methyl sites for hydroxylation is 2. The van der Waals surface area contributed by atoms with Crippen LogP contribution in [0.25, 0.3) is 0 Å². The Hall–Kier alpha value is -1.20. The van der Waals surface area contributed by atoms with E-state index in [9.17, 15) is 4.39 Å². The zero-order valence-corrected chi connectivity index (χ0v) is 11.7. The van der Waals surface area contributed by atoms with Crippen molar-refractivity contribution >= 4 is 15.9 Å². The Morgan fingerprint density at radius 1 is 1.50 bits per heavy atom. The number of nitrogens with two attached hydrogens (primary N) is 1. The molecule has 96 valence electrons. The van der Waals surface area contributed by atoms with Gasteiger partial charge in [-0.05, 0) is 40.4 Å². The SMILES string of the molecule is Cn1cc(CCC(N)c2cccc(Br)c2F)cn1. The fourth-order valence-corrected chi connectivity index (χ4v) is 2.27. The monoisotopic (exact) mass is 311 g/mol. The van der Waals surface area contributed by atoms with Crippen molar-refractivity contribution in [3.63, 3.8) is 0 Å². The second-order valence-electron chi connectivity index (χ2n) is 4.31. The Morgan fingerprint density at radius 2 is 2.28 bits per heavy atom. The van der Waals surface area contributed by atoms with E-state index in [0.29, 0.717) is 16.5 Å². The molecule has 5 heteroatoms. The number of rotatable bonds is 4. The molecule has 0 aliphatic carbocycles. The van der Waals surface area contributed by atoms with Gasteiger partial charge < -0.3 is 5.73 Å². The summed E-state index contributed by atoms with van der Waals surface area (Å²) in [6.07, 6.45) is 5.24. The molecule has 1 unspecified atom stereocenters. The highest BCUT2D eigenvalue weighted by molar-refractivity contribution is 9.10. The second kappa shape index (κ2) is 5.63. The van der Waals surface area contributed by atoms with Crippen molar-refractivity contribution in [1.82, 2.24) is 9.78 Å². The number of benzene rings is 1. The van der Waals surface area contributed by atoms with Gasteiger partial charge in [0.1, 0.15) is 5.82 Å². The maximum absolute atomic E-state index is 13.8. The van der Waals surface area contributed by atoms with Gasteiger partial charge in [0.15, 0.2) is 0 Å². The van der Waals surface area contributed by atoms with Crippen LogP contribution in [0.1, 0.15) is 23.6 Å². The van der Waals surface area contributed by atoms with Gasteiger partial charge in [-0.3, -0.25) is 4.68 Å². The van der Waals surface area contributed by atoms with Crippen molar-refractivity contribution in [2.45, 2.75) is 18.9 Å². The second-order valence-corrected chi connectivity index (χ2v) is 5.16. The molecule has 0 saturated heterocycles. The van der Waals surface area contributed by atoms with Crippen LogP contribution in [0, 0.1) is 5.82 Å². The third-order valence-electron chi connectivity index (χ3n) is 2.88. The maximum atomic E-state index is 13.8. The fourth-order valence-electron chi connectivity index (χ4n) is 1.89. The van der Waals surface area contributed by atoms with Gasteiger partial charge in [-0.1, -0.05) is 12.1 Å². The predicted molar refractivity (Wildman–Crippen MR) is 72.6 cm³/mol. The Balaban J connectivity index is 2.03. The summed E-state index contributed by atoms with van der Waals surface area (Å²) in [5, 5.41) is 4.09. The van der Waals surface area contributed by atoms with Crippen LogP contribution in [0.5, 0.6) is 0 Å². The maximum Gasteiger partial charge on any atom is 0.142 e. The first kappa shape index (κ1) is 13.2. The lowest BCUT2D eigenvalue weighted by Crippen LogP contribution is -2.13. The van der Waals surface area contributed by atoms with Gasteiger partial charge in [0.25, 0.3) is 0 Å². The van der Waals surface area contributed by atoms with Crippen LogP contribution in [-0.4, -0.2) is 9.78 Å². The fraction of sp³-hybridized carbons (Fsp3) is 0.308. The molecular weight excluding hydrogens is 297 g/mol. The Bertz CT molecular complexity index is 539. The molecule has 1 aromatic heterocycles. The van der Waals surface area contributed by atoms with Crippen molar-refractivity contribution in [3.05, 3.63) is 52.0 Å². The molecule has 0 amide bonds. The van der Waals surface area contributed by atoms with Crippen LogP contribution < -0.4 is 5.73 Å². The number of nitrogens with zero attached hydrogens (tertiary/aromatic N) is 2. The van der Waals surface area contributed by atoms with Gasteiger partial charge in [-0.15, -0.1) is 0 Å². The van der Waals surface area contributed by atoms with E-state index in [2.05, 4.69) is 21.0 Å². The number of halogens is 2. The van der Waals surface area contributed by atoms with Gasteiger partial charge in [0, 0.05) is 24.8 Å². The van der Waals surface area contributed by atoms with Crippen LogP contribution in [0.2, 0.25) is 0 Å². The summed E-state index contributed by atoms with van der Waals surface area (Å²) in [4.78, 5) is 0. The summed E-state index contributed by atoms with van der Waals surface area (Å²) in [5.74, 6) is -0.267. The zero-order valence-electron chi connectivity index (χ0n) is 10.1. The molecule has 3 nitrogen and oxygen atoms in total. The van der Waals surface area contributed by atoms with E-state index in [1.54, 1.807) is 22.9 Å². The minimum Gasteiger partial charge on any atom is -0.324 e. The van der Waals surface area contributed by atoms with Gasteiger partial charge in [0.2, 0.25) is 0 Å². The Kier molecular flexibility index (Phi) is 4.14. The molecule has 2 aromatic rings. The van der Waals surface area contributed by atoms with Crippen molar-refractivity contribution in [2.24, 2.45) is 12.8 Å². The lowest BCUT2D eigenvalue weighted by molar-refractivity contribution is 0.559. The van der Waals surface area contributed by atoms with Crippen LogP contribution in [0.3, 0.4) is 0 Å². The first-order valence-electron chi connectivity index (χ1n) is 5.75. The molecule has 2 N–H and O–H groups in total. The smallest absolute Gasteiger partial charge is 0.142 e. The van der Waals surface area contributed by atoms with E-state index < -0.39 is 0 Å². The summed E-state index contributed by atoms with van der Waals surface area (Å²) >= 11 is 3.17. The quantitative estimate of drug-likeness (QED) is 0.943.